The Morgan fingerprint density at radius 1 is 1.26 bits per heavy atom. The summed E-state index contributed by atoms with van der Waals surface area (Å²) in [5.41, 5.74) is 8.93. The predicted molar refractivity (Wildman–Crippen MR) is 87.4 cm³/mol. The van der Waals surface area contributed by atoms with E-state index in [2.05, 4.69) is 20.8 Å². The van der Waals surface area contributed by atoms with E-state index >= 15 is 0 Å². The third kappa shape index (κ3) is 3.69. The predicted octanol–water partition coefficient (Wildman–Crippen LogP) is 0.506. The van der Waals surface area contributed by atoms with E-state index in [9.17, 15) is 9.59 Å². The van der Waals surface area contributed by atoms with Gasteiger partial charge in [0.25, 0.3) is 5.91 Å². The summed E-state index contributed by atoms with van der Waals surface area (Å²) in [6.45, 7) is 1.91. The third-order valence-electron chi connectivity index (χ3n) is 3.71. The molecule has 8 heteroatoms. The molecule has 0 unspecified atom stereocenters. The molecular formula is C15H18ClN5O2. The van der Waals surface area contributed by atoms with Gasteiger partial charge in [-0.2, -0.15) is 5.10 Å². The van der Waals surface area contributed by atoms with Crippen LogP contribution < -0.4 is 16.4 Å². The number of aromatic amines is 1. The van der Waals surface area contributed by atoms with Crippen molar-refractivity contribution in [2.24, 2.45) is 5.73 Å². The summed E-state index contributed by atoms with van der Waals surface area (Å²) in [6.07, 6.45) is 0.851. The number of aromatic nitrogens is 2. The smallest absolute Gasteiger partial charge is 0.272 e. The van der Waals surface area contributed by atoms with E-state index in [0.29, 0.717) is 24.3 Å². The first kappa shape index (κ1) is 17.0. The molecule has 1 aromatic carbocycles. The molecule has 3 rings (SSSR count). The Morgan fingerprint density at radius 2 is 2.00 bits per heavy atom. The molecule has 0 aliphatic carbocycles. The number of fused-ring (bicyclic) bond motifs is 1. The fourth-order valence-electron chi connectivity index (χ4n) is 2.47. The fraction of sp³-hybridized carbons (Fsp3) is 0.267. The molecule has 0 spiro atoms. The lowest BCUT2D eigenvalue weighted by molar-refractivity contribution is 0.0943. The average Bonchev–Trinajstić information content (AvgIpc) is 2.97. The number of nitrogens with two attached hydrogens (primary N) is 1. The van der Waals surface area contributed by atoms with Gasteiger partial charge >= 0.3 is 0 Å². The molecule has 0 atom stereocenters. The zero-order valence-electron chi connectivity index (χ0n) is 12.4. The summed E-state index contributed by atoms with van der Waals surface area (Å²) in [4.78, 5) is 23.2. The van der Waals surface area contributed by atoms with Crippen molar-refractivity contribution in [3.8, 4) is 0 Å². The molecule has 1 aliphatic heterocycles. The molecule has 0 saturated carbocycles. The largest absolute Gasteiger partial charge is 0.366 e. The summed E-state index contributed by atoms with van der Waals surface area (Å²) in [7, 11) is 0. The summed E-state index contributed by atoms with van der Waals surface area (Å²) in [6, 6.07) is 6.82. The fourth-order valence-corrected chi connectivity index (χ4v) is 2.47. The first-order valence-corrected chi connectivity index (χ1v) is 7.09. The van der Waals surface area contributed by atoms with Crippen LogP contribution in [-0.4, -0.2) is 28.6 Å². The SMILES string of the molecule is Cl.NC(=O)c1ccc(CNC(=O)c2n[nH]c3c2CNCC3)cc1. The molecule has 7 nitrogen and oxygen atoms in total. The number of rotatable bonds is 4. The average molecular weight is 336 g/mol. The zero-order valence-corrected chi connectivity index (χ0v) is 13.2. The molecule has 2 aromatic rings. The van der Waals surface area contributed by atoms with Crippen LogP contribution in [0.5, 0.6) is 0 Å². The van der Waals surface area contributed by atoms with Crippen molar-refractivity contribution < 1.29 is 9.59 Å². The maximum Gasteiger partial charge on any atom is 0.272 e. The number of nitrogens with one attached hydrogen (secondary N) is 3. The van der Waals surface area contributed by atoms with E-state index in [1.807, 2.05) is 0 Å². The minimum absolute atomic E-state index is 0. The molecule has 0 bridgehead atoms. The van der Waals surface area contributed by atoms with E-state index in [1.165, 1.54) is 0 Å². The summed E-state index contributed by atoms with van der Waals surface area (Å²) >= 11 is 0. The molecule has 0 saturated heterocycles. The van der Waals surface area contributed by atoms with Gasteiger partial charge in [-0.05, 0) is 17.7 Å². The summed E-state index contributed by atoms with van der Waals surface area (Å²) in [5, 5.41) is 13.1. The van der Waals surface area contributed by atoms with Gasteiger partial charge in [-0.3, -0.25) is 14.7 Å². The number of benzene rings is 1. The van der Waals surface area contributed by atoms with Crippen LogP contribution in [0.1, 0.15) is 37.7 Å². The number of nitrogens with zero attached hydrogens (tertiary/aromatic N) is 1. The van der Waals surface area contributed by atoms with Crippen LogP contribution in [0.25, 0.3) is 0 Å². The lowest BCUT2D eigenvalue weighted by Crippen LogP contribution is -2.28. The van der Waals surface area contributed by atoms with Gasteiger partial charge in [0.1, 0.15) is 0 Å². The first-order chi connectivity index (χ1) is 10.6. The lowest BCUT2D eigenvalue weighted by Gasteiger charge is -2.12. The van der Waals surface area contributed by atoms with Gasteiger partial charge in [0, 0.05) is 42.9 Å². The highest BCUT2D eigenvalue weighted by atomic mass is 35.5. The first-order valence-electron chi connectivity index (χ1n) is 7.09. The Hall–Kier alpha value is -2.38. The molecule has 2 heterocycles. The Balaban J connectivity index is 0.00000192. The van der Waals surface area contributed by atoms with E-state index in [1.54, 1.807) is 24.3 Å². The minimum Gasteiger partial charge on any atom is -0.366 e. The Bertz CT molecular complexity index is 711. The number of amides is 2. The number of H-pyrrole nitrogens is 1. The third-order valence-corrected chi connectivity index (χ3v) is 3.71. The van der Waals surface area contributed by atoms with Gasteiger partial charge < -0.3 is 16.4 Å². The number of hydrogen-bond donors (Lipinski definition) is 4. The second-order valence-corrected chi connectivity index (χ2v) is 5.20. The molecule has 0 fully saturated rings. The molecule has 1 aromatic heterocycles. The van der Waals surface area contributed by atoms with Crippen LogP contribution in [-0.2, 0) is 19.5 Å². The number of hydrogen-bond acceptors (Lipinski definition) is 4. The number of halogens is 1. The van der Waals surface area contributed by atoms with Gasteiger partial charge in [-0.1, -0.05) is 12.1 Å². The van der Waals surface area contributed by atoms with Crippen LogP contribution in [0.2, 0.25) is 0 Å². The second kappa shape index (κ2) is 7.26. The van der Waals surface area contributed by atoms with Crippen LogP contribution >= 0.6 is 12.4 Å². The molecule has 5 N–H and O–H groups in total. The quantitative estimate of drug-likeness (QED) is 0.651. The summed E-state index contributed by atoms with van der Waals surface area (Å²) < 4.78 is 0. The topological polar surface area (TPSA) is 113 Å². The van der Waals surface area contributed by atoms with E-state index < -0.39 is 5.91 Å². The van der Waals surface area contributed by atoms with Gasteiger partial charge in [-0.15, -0.1) is 12.4 Å². The van der Waals surface area contributed by atoms with Gasteiger partial charge in [0.2, 0.25) is 5.91 Å². The van der Waals surface area contributed by atoms with Crippen molar-refractivity contribution in [1.82, 2.24) is 20.8 Å². The Morgan fingerprint density at radius 3 is 2.70 bits per heavy atom. The molecule has 0 radical (unpaired) electrons. The summed E-state index contributed by atoms with van der Waals surface area (Å²) in [5.74, 6) is -0.675. The molecular weight excluding hydrogens is 318 g/mol. The van der Waals surface area contributed by atoms with Crippen LogP contribution in [0.15, 0.2) is 24.3 Å². The maximum atomic E-state index is 12.2. The van der Waals surface area contributed by atoms with Gasteiger partial charge in [0.15, 0.2) is 5.69 Å². The van der Waals surface area contributed by atoms with Crippen molar-refractivity contribution in [3.63, 3.8) is 0 Å². The molecule has 122 valence electrons. The van der Waals surface area contributed by atoms with Crippen LogP contribution in [0.4, 0.5) is 0 Å². The highest BCUT2D eigenvalue weighted by molar-refractivity contribution is 5.94. The van der Waals surface area contributed by atoms with Crippen molar-refractivity contribution in [2.45, 2.75) is 19.5 Å². The number of primary amides is 1. The highest BCUT2D eigenvalue weighted by Gasteiger charge is 2.21. The standard InChI is InChI=1S/C15H17N5O2.ClH/c16-14(21)10-3-1-9(2-4-10)7-18-15(22)13-11-8-17-6-5-12(11)19-20-13;/h1-4,17H,5-8H2,(H2,16,21)(H,18,22)(H,19,20);1H. The Labute approximate surface area is 139 Å². The van der Waals surface area contributed by atoms with Crippen molar-refractivity contribution in [3.05, 3.63) is 52.3 Å². The van der Waals surface area contributed by atoms with Gasteiger partial charge in [0.05, 0.1) is 0 Å². The molecule has 23 heavy (non-hydrogen) atoms. The van der Waals surface area contributed by atoms with Gasteiger partial charge in [-0.25, -0.2) is 0 Å². The van der Waals surface area contributed by atoms with Crippen molar-refractivity contribution in [2.75, 3.05) is 6.54 Å². The number of carbonyl (C=O) groups excluding carboxylic acids is 2. The molecule has 1 aliphatic rings. The highest BCUT2D eigenvalue weighted by Crippen LogP contribution is 2.15. The van der Waals surface area contributed by atoms with E-state index in [0.717, 1.165) is 29.8 Å². The zero-order chi connectivity index (χ0) is 15.5. The van der Waals surface area contributed by atoms with E-state index in [4.69, 9.17) is 5.73 Å². The number of carbonyl (C=O) groups is 2. The maximum absolute atomic E-state index is 12.2. The minimum atomic E-state index is -0.466. The Kier molecular flexibility index (Phi) is 5.36. The second-order valence-electron chi connectivity index (χ2n) is 5.20. The van der Waals surface area contributed by atoms with Crippen molar-refractivity contribution in [1.29, 1.82) is 0 Å². The van der Waals surface area contributed by atoms with Crippen LogP contribution in [0, 0.1) is 0 Å². The molecule has 2 amide bonds. The van der Waals surface area contributed by atoms with Crippen molar-refractivity contribution >= 4 is 24.2 Å². The van der Waals surface area contributed by atoms with Crippen LogP contribution in [0.3, 0.4) is 0 Å². The monoisotopic (exact) mass is 335 g/mol. The normalized spacial score (nSPS) is 12.9. The lowest BCUT2D eigenvalue weighted by atomic mass is 10.1. The van der Waals surface area contributed by atoms with E-state index in [-0.39, 0.29) is 18.3 Å².